The number of nitrogens with one attached hydrogen (secondary N) is 2. The molecule has 0 unspecified atom stereocenters. The zero-order valence-corrected chi connectivity index (χ0v) is 13.0. The maximum atomic E-state index is 14.4. The van der Waals surface area contributed by atoms with Gasteiger partial charge in [0.1, 0.15) is 0 Å². The fraction of sp³-hybridized carbons (Fsp3) is 0.688. The number of halogens is 1. The van der Waals surface area contributed by atoms with E-state index < -0.39 is 0 Å². The van der Waals surface area contributed by atoms with E-state index in [1.165, 1.54) is 12.8 Å². The normalized spacial score (nSPS) is 17.1. The molecule has 2 N–H and O–H groups in total. The van der Waals surface area contributed by atoms with E-state index in [9.17, 15) is 4.39 Å². The number of hydrogen-bond acceptors (Lipinski definition) is 3. The molecule has 1 heterocycles. The first-order chi connectivity index (χ1) is 9.35. The van der Waals surface area contributed by atoms with Gasteiger partial charge >= 0.3 is 0 Å². The van der Waals surface area contributed by atoms with Crippen molar-refractivity contribution < 1.29 is 4.39 Å². The van der Waals surface area contributed by atoms with Gasteiger partial charge in [-0.15, -0.1) is 0 Å². The first-order valence-corrected chi connectivity index (χ1v) is 7.47. The van der Waals surface area contributed by atoms with E-state index in [0.29, 0.717) is 23.3 Å². The largest absolute Gasteiger partial charge is 0.367 e. The molecule has 0 aromatic carbocycles. The summed E-state index contributed by atoms with van der Waals surface area (Å²) in [5.41, 5.74) is 1.02. The van der Waals surface area contributed by atoms with Crippen LogP contribution in [-0.4, -0.2) is 17.1 Å². The fourth-order valence-electron chi connectivity index (χ4n) is 2.21. The zero-order chi connectivity index (χ0) is 14.8. The van der Waals surface area contributed by atoms with Gasteiger partial charge in [-0.3, -0.25) is 0 Å². The van der Waals surface area contributed by atoms with E-state index in [4.69, 9.17) is 0 Å². The molecule has 1 aliphatic carbocycles. The maximum Gasteiger partial charge on any atom is 0.169 e. The van der Waals surface area contributed by atoms with Crippen molar-refractivity contribution in [2.24, 2.45) is 5.41 Å². The lowest BCUT2D eigenvalue weighted by molar-refractivity contribution is 0.418. The van der Waals surface area contributed by atoms with Crippen molar-refractivity contribution in [2.75, 3.05) is 11.9 Å². The Morgan fingerprint density at radius 1 is 1.35 bits per heavy atom. The SMILES string of the molecule is CCC1(CNc2nccc(CNC(C)(C)C)c2F)CC1. The van der Waals surface area contributed by atoms with E-state index in [1.54, 1.807) is 12.3 Å². The van der Waals surface area contributed by atoms with Crippen LogP contribution in [0.4, 0.5) is 10.2 Å². The average Bonchev–Trinajstić information content (AvgIpc) is 3.16. The second-order valence-electron chi connectivity index (χ2n) is 6.94. The van der Waals surface area contributed by atoms with Crippen molar-refractivity contribution in [1.82, 2.24) is 10.3 Å². The predicted octanol–water partition coefficient (Wildman–Crippen LogP) is 3.71. The van der Waals surface area contributed by atoms with Gasteiger partial charge in [-0.05, 0) is 51.5 Å². The summed E-state index contributed by atoms with van der Waals surface area (Å²) in [6.45, 7) is 9.76. The Balaban J connectivity index is 1.99. The molecule has 3 nitrogen and oxygen atoms in total. The Kier molecular flexibility index (Phi) is 4.33. The number of rotatable bonds is 6. The molecule has 20 heavy (non-hydrogen) atoms. The lowest BCUT2D eigenvalue weighted by Gasteiger charge is -2.21. The molecule has 1 saturated carbocycles. The summed E-state index contributed by atoms with van der Waals surface area (Å²) in [6, 6.07) is 1.74. The van der Waals surface area contributed by atoms with Crippen molar-refractivity contribution >= 4 is 5.82 Å². The zero-order valence-electron chi connectivity index (χ0n) is 13.0. The molecule has 0 saturated heterocycles. The molecule has 1 aromatic rings. The summed E-state index contributed by atoms with van der Waals surface area (Å²) in [6.07, 6.45) is 5.30. The minimum atomic E-state index is -0.226. The number of hydrogen-bond donors (Lipinski definition) is 2. The third kappa shape index (κ3) is 3.92. The molecule has 4 heteroatoms. The van der Waals surface area contributed by atoms with Crippen molar-refractivity contribution in [3.05, 3.63) is 23.6 Å². The highest BCUT2D eigenvalue weighted by Crippen LogP contribution is 2.48. The Labute approximate surface area is 121 Å². The van der Waals surface area contributed by atoms with E-state index in [-0.39, 0.29) is 11.4 Å². The second kappa shape index (κ2) is 5.68. The van der Waals surface area contributed by atoms with Gasteiger partial charge in [-0.25, -0.2) is 9.37 Å². The Hall–Kier alpha value is -1.16. The molecule has 0 bridgehead atoms. The van der Waals surface area contributed by atoms with E-state index in [0.717, 1.165) is 13.0 Å². The van der Waals surface area contributed by atoms with Crippen molar-refractivity contribution in [3.63, 3.8) is 0 Å². The van der Waals surface area contributed by atoms with Crippen LogP contribution >= 0.6 is 0 Å². The molecule has 0 spiro atoms. The smallest absolute Gasteiger partial charge is 0.169 e. The molecule has 1 aromatic heterocycles. The first kappa shape index (κ1) is 15.2. The summed E-state index contributed by atoms with van der Waals surface area (Å²) >= 11 is 0. The van der Waals surface area contributed by atoms with E-state index in [1.807, 2.05) is 0 Å². The molecule has 112 valence electrons. The Morgan fingerprint density at radius 2 is 2.05 bits per heavy atom. The Morgan fingerprint density at radius 3 is 2.60 bits per heavy atom. The van der Waals surface area contributed by atoms with Crippen LogP contribution in [0, 0.1) is 11.2 Å². The first-order valence-electron chi connectivity index (χ1n) is 7.47. The van der Waals surface area contributed by atoms with Crippen LogP contribution in [0.25, 0.3) is 0 Å². The van der Waals surface area contributed by atoms with Crippen molar-refractivity contribution in [1.29, 1.82) is 0 Å². The number of anilines is 1. The topological polar surface area (TPSA) is 37.0 Å². The Bertz CT molecular complexity index is 461. The molecule has 0 atom stereocenters. The number of aromatic nitrogens is 1. The maximum absolute atomic E-state index is 14.4. The summed E-state index contributed by atoms with van der Waals surface area (Å²) in [5.74, 6) is 0.161. The summed E-state index contributed by atoms with van der Waals surface area (Å²) in [5, 5.41) is 6.50. The van der Waals surface area contributed by atoms with Crippen molar-refractivity contribution in [2.45, 2.75) is 59.0 Å². The predicted molar refractivity (Wildman–Crippen MR) is 81.2 cm³/mol. The van der Waals surface area contributed by atoms with Gasteiger partial charge in [0.05, 0.1) is 0 Å². The third-order valence-corrected chi connectivity index (χ3v) is 4.12. The molecule has 1 aliphatic rings. The minimum Gasteiger partial charge on any atom is -0.367 e. The summed E-state index contributed by atoms with van der Waals surface area (Å²) in [7, 11) is 0. The van der Waals surface area contributed by atoms with Crippen LogP contribution in [0.1, 0.15) is 52.5 Å². The lowest BCUT2D eigenvalue weighted by atomic mass is 10.0. The summed E-state index contributed by atoms with van der Waals surface area (Å²) in [4.78, 5) is 4.13. The highest BCUT2D eigenvalue weighted by atomic mass is 19.1. The van der Waals surface area contributed by atoms with Crippen LogP contribution in [0.15, 0.2) is 12.3 Å². The van der Waals surface area contributed by atoms with Gasteiger partial charge in [0.2, 0.25) is 0 Å². The van der Waals surface area contributed by atoms with Crippen LogP contribution < -0.4 is 10.6 Å². The molecule has 2 rings (SSSR count). The molecular weight excluding hydrogens is 253 g/mol. The molecule has 0 amide bonds. The number of pyridine rings is 1. The van der Waals surface area contributed by atoms with Gasteiger partial charge in [0.15, 0.2) is 11.6 Å². The van der Waals surface area contributed by atoms with Gasteiger partial charge in [0.25, 0.3) is 0 Å². The molecule has 1 fully saturated rings. The van der Waals surface area contributed by atoms with Crippen LogP contribution in [0.2, 0.25) is 0 Å². The highest BCUT2D eigenvalue weighted by Gasteiger charge is 2.40. The van der Waals surface area contributed by atoms with Gasteiger partial charge in [-0.1, -0.05) is 6.92 Å². The highest BCUT2D eigenvalue weighted by molar-refractivity contribution is 5.40. The van der Waals surface area contributed by atoms with Gasteiger partial charge < -0.3 is 10.6 Å². The van der Waals surface area contributed by atoms with E-state index in [2.05, 4.69) is 43.3 Å². The second-order valence-corrected chi connectivity index (χ2v) is 6.94. The van der Waals surface area contributed by atoms with Gasteiger partial charge in [0, 0.05) is 30.4 Å². The van der Waals surface area contributed by atoms with Crippen LogP contribution in [-0.2, 0) is 6.54 Å². The van der Waals surface area contributed by atoms with Crippen LogP contribution in [0.5, 0.6) is 0 Å². The molecule has 0 aliphatic heterocycles. The molecular formula is C16H26FN3. The third-order valence-electron chi connectivity index (χ3n) is 4.12. The minimum absolute atomic E-state index is 0.0242. The van der Waals surface area contributed by atoms with Crippen molar-refractivity contribution in [3.8, 4) is 0 Å². The average molecular weight is 279 g/mol. The van der Waals surface area contributed by atoms with E-state index >= 15 is 0 Å². The molecule has 0 radical (unpaired) electrons. The standard InChI is InChI=1S/C16H26FN3/c1-5-16(7-8-16)11-19-14-13(17)12(6-9-18-14)10-20-15(2,3)4/h6,9,20H,5,7-8,10-11H2,1-4H3,(H,18,19). The quantitative estimate of drug-likeness (QED) is 0.833. The monoisotopic (exact) mass is 279 g/mol. The van der Waals surface area contributed by atoms with Gasteiger partial charge in [-0.2, -0.15) is 0 Å². The fourth-order valence-corrected chi connectivity index (χ4v) is 2.21. The summed E-state index contributed by atoms with van der Waals surface area (Å²) < 4.78 is 14.4. The number of nitrogens with zero attached hydrogens (tertiary/aromatic N) is 1. The lowest BCUT2D eigenvalue weighted by Crippen LogP contribution is -2.35. The van der Waals surface area contributed by atoms with Crippen LogP contribution in [0.3, 0.4) is 0 Å².